The largest absolute Gasteiger partial charge is 0.394 e. The first-order valence-corrected chi connectivity index (χ1v) is 7.31. The average molecular weight is 310 g/mol. The van der Waals surface area contributed by atoms with Gasteiger partial charge in [0.15, 0.2) is 0 Å². The number of amides is 1. The van der Waals surface area contributed by atoms with Crippen LogP contribution < -0.4 is 0 Å². The maximum Gasteiger partial charge on any atom is 0.258 e. The van der Waals surface area contributed by atoms with Crippen LogP contribution in [0.1, 0.15) is 21.8 Å². The van der Waals surface area contributed by atoms with Crippen molar-refractivity contribution in [3.63, 3.8) is 0 Å². The summed E-state index contributed by atoms with van der Waals surface area (Å²) in [6.07, 6.45) is 0. The first kappa shape index (κ1) is 15.2. The number of nitrogens with zero attached hydrogens (tertiary/aromatic N) is 2. The molecule has 1 saturated heterocycles. The lowest BCUT2D eigenvalue weighted by Gasteiger charge is -2.51. The van der Waals surface area contributed by atoms with Gasteiger partial charge in [0.05, 0.1) is 24.3 Å². The summed E-state index contributed by atoms with van der Waals surface area (Å²) in [5.74, 6) is -1.48. The van der Waals surface area contributed by atoms with E-state index in [1.54, 1.807) is 6.07 Å². The predicted octanol–water partition coefficient (Wildman–Crippen LogP) is 2.32. The van der Waals surface area contributed by atoms with Gasteiger partial charge in [0.25, 0.3) is 5.91 Å². The molecule has 0 aliphatic carbocycles. The van der Waals surface area contributed by atoms with Gasteiger partial charge in [-0.3, -0.25) is 4.79 Å². The molecular weight excluding hydrogens is 295 g/mol. The highest BCUT2D eigenvalue weighted by Gasteiger charge is 2.52. The minimum atomic E-state index is -0.721. The molecule has 0 radical (unpaired) electrons. The quantitative estimate of drug-likeness (QED) is 0.946. The van der Waals surface area contributed by atoms with Gasteiger partial charge in [-0.15, -0.1) is 0 Å². The van der Waals surface area contributed by atoms with Crippen molar-refractivity contribution in [1.82, 2.24) is 4.90 Å². The van der Waals surface area contributed by atoms with Crippen molar-refractivity contribution in [2.24, 2.45) is 0 Å². The van der Waals surface area contributed by atoms with Crippen LogP contribution in [-0.2, 0) is 0 Å². The molecule has 1 amide bonds. The number of carbonyl (C=O) groups is 1. The highest BCUT2D eigenvalue weighted by molar-refractivity contribution is 5.96. The molecule has 3 rings (SSSR count). The zero-order valence-corrected chi connectivity index (χ0v) is 12.3. The number of aliphatic hydroxyl groups excluding tert-OH is 1. The number of benzene rings is 2. The summed E-state index contributed by atoms with van der Waals surface area (Å²) in [4.78, 5) is 13.9. The van der Waals surface area contributed by atoms with Gasteiger partial charge in [-0.25, -0.2) is 4.39 Å². The fourth-order valence-electron chi connectivity index (χ4n) is 3.14. The molecule has 0 aromatic heterocycles. The second-order valence-corrected chi connectivity index (χ2v) is 5.45. The second-order valence-electron chi connectivity index (χ2n) is 5.45. The van der Waals surface area contributed by atoms with E-state index in [0.29, 0.717) is 0 Å². The Balaban J connectivity index is 1.93. The lowest BCUT2D eigenvalue weighted by atomic mass is 9.75. The third-order valence-electron chi connectivity index (χ3n) is 4.25. The van der Waals surface area contributed by atoms with Crippen molar-refractivity contribution in [3.05, 3.63) is 71.5 Å². The van der Waals surface area contributed by atoms with Crippen LogP contribution in [0.5, 0.6) is 0 Å². The molecule has 4 nitrogen and oxygen atoms in total. The highest BCUT2D eigenvalue weighted by atomic mass is 19.1. The maximum atomic E-state index is 13.9. The van der Waals surface area contributed by atoms with Gasteiger partial charge < -0.3 is 10.0 Å². The Bertz CT molecular complexity index is 757. The molecular formula is C18H15FN2O2. The SMILES string of the molecule is N#C[C@H]1[C@H](c2ccccc2)[C@H](CO)N1C(=O)c1ccccc1F. The number of rotatable bonds is 3. The summed E-state index contributed by atoms with van der Waals surface area (Å²) in [7, 11) is 0. The minimum Gasteiger partial charge on any atom is -0.394 e. The average Bonchev–Trinajstić information content (AvgIpc) is 2.56. The van der Waals surface area contributed by atoms with Gasteiger partial charge in [0.1, 0.15) is 11.9 Å². The molecule has 0 spiro atoms. The van der Waals surface area contributed by atoms with Crippen LogP contribution in [-0.4, -0.2) is 34.6 Å². The lowest BCUT2D eigenvalue weighted by molar-refractivity contribution is -0.00618. The van der Waals surface area contributed by atoms with Gasteiger partial charge in [-0.1, -0.05) is 42.5 Å². The Labute approximate surface area is 133 Å². The third-order valence-corrected chi connectivity index (χ3v) is 4.25. The van der Waals surface area contributed by atoms with Crippen LogP contribution in [0.25, 0.3) is 0 Å². The molecule has 23 heavy (non-hydrogen) atoms. The van der Waals surface area contributed by atoms with Crippen molar-refractivity contribution in [2.75, 3.05) is 6.61 Å². The van der Waals surface area contributed by atoms with E-state index in [1.165, 1.54) is 23.1 Å². The van der Waals surface area contributed by atoms with Gasteiger partial charge in [-0.2, -0.15) is 5.26 Å². The normalized spacial score (nSPS) is 23.0. The van der Waals surface area contributed by atoms with Crippen LogP contribution in [0.15, 0.2) is 54.6 Å². The first-order valence-electron chi connectivity index (χ1n) is 7.31. The number of hydrogen-bond acceptors (Lipinski definition) is 3. The fraction of sp³-hybridized carbons (Fsp3) is 0.222. The molecule has 2 aromatic rings. The van der Waals surface area contributed by atoms with E-state index >= 15 is 0 Å². The van der Waals surface area contributed by atoms with E-state index in [1.807, 2.05) is 30.3 Å². The van der Waals surface area contributed by atoms with Gasteiger partial charge in [0, 0.05) is 5.92 Å². The van der Waals surface area contributed by atoms with Crippen molar-refractivity contribution >= 4 is 5.91 Å². The van der Waals surface area contributed by atoms with Crippen molar-refractivity contribution in [1.29, 1.82) is 5.26 Å². The van der Waals surface area contributed by atoms with Crippen LogP contribution in [0.2, 0.25) is 0 Å². The molecule has 5 heteroatoms. The van der Waals surface area contributed by atoms with Crippen molar-refractivity contribution in [3.8, 4) is 6.07 Å². The van der Waals surface area contributed by atoms with E-state index in [2.05, 4.69) is 6.07 Å². The topological polar surface area (TPSA) is 64.3 Å². The molecule has 1 N–H and O–H groups in total. The van der Waals surface area contributed by atoms with E-state index in [9.17, 15) is 19.6 Å². The molecule has 3 atom stereocenters. The van der Waals surface area contributed by atoms with E-state index in [4.69, 9.17) is 0 Å². The number of hydrogen-bond donors (Lipinski definition) is 1. The Hall–Kier alpha value is -2.71. The van der Waals surface area contributed by atoms with Gasteiger partial charge in [-0.05, 0) is 17.7 Å². The Morgan fingerprint density at radius 1 is 1.17 bits per heavy atom. The number of aliphatic hydroxyl groups is 1. The zero-order valence-electron chi connectivity index (χ0n) is 12.3. The Morgan fingerprint density at radius 2 is 1.83 bits per heavy atom. The van der Waals surface area contributed by atoms with E-state index in [-0.39, 0.29) is 18.1 Å². The summed E-state index contributed by atoms with van der Waals surface area (Å²) in [5, 5.41) is 19.1. The molecule has 1 aliphatic rings. The van der Waals surface area contributed by atoms with Crippen molar-refractivity contribution in [2.45, 2.75) is 18.0 Å². The van der Waals surface area contributed by atoms with Gasteiger partial charge in [0.2, 0.25) is 0 Å². The zero-order chi connectivity index (χ0) is 16.4. The monoisotopic (exact) mass is 310 g/mol. The molecule has 0 bridgehead atoms. The Morgan fingerprint density at radius 3 is 2.43 bits per heavy atom. The smallest absolute Gasteiger partial charge is 0.258 e. The lowest BCUT2D eigenvalue weighted by Crippen LogP contribution is -2.65. The molecule has 0 saturated carbocycles. The Kier molecular flexibility index (Phi) is 4.09. The van der Waals surface area contributed by atoms with E-state index < -0.39 is 23.8 Å². The maximum absolute atomic E-state index is 13.9. The summed E-state index contributed by atoms with van der Waals surface area (Å²) in [6.45, 7) is -0.280. The van der Waals surface area contributed by atoms with Gasteiger partial charge >= 0.3 is 0 Å². The summed E-state index contributed by atoms with van der Waals surface area (Å²) < 4.78 is 13.9. The molecule has 2 aromatic carbocycles. The van der Waals surface area contributed by atoms with Crippen LogP contribution in [0.3, 0.4) is 0 Å². The minimum absolute atomic E-state index is 0.0855. The fourth-order valence-corrected chi connectivity index (χ4v) is 3.14. The molecule has 1 heterocycles. The molecule has 1 aliphatic heterocycles. The number of halogens is 1. The summed E-state index contributed by atoms with van der Waals surface area (Å²) in [5.41, 5.74) is 0.799. The number of likely N-dealkylation sites (tertiary alicyclic amines) is 1. The third kappa shape index (κ3) is 2.47. The standard InChI is InChI=1S/C18H15FN2O2/c19-14-9-5-4-8-13(14)18(23)21-15(10-20)17(16(21)11-22)12-6-2-1-3-7-12/h1-9,15-17,22H,11H2/t15-,16-,17-/m0/s1. The predicted molar refractivity (Wildman–Crippen MR) is 82.0 cm³/mol. The molecule has 116 valence electrons. The number of nitriles is 1. The summed E-state index contributed by atoms with van der Waals surface area (Å²) >= 11 is 0. The molecule has 1 fully saturated rings. The first-order chi connectivity index (χ1) is 11.2. The van der Waals surface area contributed by atoms with Crippen LogP contribution in [0.4, 0.5) is 4.39 Å². The number of carbonyl (C=O) groups excluding carboxylic acids is 1. The van der Waals surface area contributed by atoms with E-state index in [0.717, 1.165) is 5.56 Å². The van der Waals surface area contributed by atoms with Crippen molar-refractivity contribution < 1.29 is 14.3 Å². The molecule has 0 unspecified atom stereocenters. The second kappa shape index (κ2) is 6.19. The highest BCUT2D eigenvalue weighted by Crippen LogP contribution is 2.41. The van der Waals surface area contributed by atoms with Crippen LogP contribution >= 0.6 is 0 Å². The summed E-state index contributed by atoms with van der Waals surface area (Å²) in [6, 6.07) is 15.8. The van der Waals surface area contributed by atoms with Crippen LogP contribution in [0, 0.1) is 17.1 Å².